The van der Waals surface area contributed by atoms with Gasteiger partial charge in [0.05, 0.1) is 11.4 Å². The van der Waals surface area contributed by atoms with Crippen molar-refractivity contribution in [3.8, 4) is 0 Å². The van der Waals surface area contributed by atoms with E-state index in [1.807, 2.05) is 45.0 Å². The zero-order chi connectivity index (χ0) is 28.1. The maximum atomic E-state index is 13.5. The van der Waals surface area contributed by atoms with Crippen LogP contribution in [0.25, 0.3) is 0 Å². The van der Waals surface area contributed by atoms with E-state index < -0.39 is 30.0 Å². The number of fused-ring (bicyclic) bond motifs is 1. The molecular weight excluding hydrogens is 496 g/mol. The van der Waals surface area contributed by atoms with Crippen molar-refractivity contribution < 1.29 is 24.3 Å². The van der Waals surface area contributed by atoms with Crippen LogP contribution in [0, 0.1) is 12.8 Å². The van der Waals surface area contributed by atoms with E-state index in [4.69, 9.17) is 0 Å². The number of rotatable bonds is 8. The Labute approximate surface area is 227 Å². The Morgan fingerprint density at radius 1 is 1.00 bits per heavy atom. The molecule has 202 valence electrons. The van der Waals surface area contributed by atoms with Gasteiger partial charge in [-0.2, -0.15) is 0 Å². The summed E-state index contributed by atoms with van der Waals surface area (Å²) in [6.07, 6.45) is 0.557. The monoisotopic (exact) mass is 528 g/mol. The minimum absolute atomic E-state index is 0.118. The third kappa shape index (κ3) is 6.62. The van der Waals surface area contributed by atoms with Gasteiger partial charge in [0.2, 0.25) is 5.91 Å². The van der Waals surface area contributed by atoms with E-state index in [0.717, 1.165) is 11.1 Å². The number of aryl methyl sites for hydroxylation is 1. The minimum atomic E-state index is -1.16. The van der Waals surface area contributed by atoms with E-state index >= 15 is 0 Å². The van der Waals surface area contributed by atoms with Crippen LogP contribution in [0.15, 0.2) is 72.8 Å². The van der Waals surface area contributed by atoms with Gasteiger partial charge in [0.15, 0.2) is 0 Å². The maximum Gasteiger partial charge on any atom is 0.327 e. The van der Waals surface area contributed by atoms with Gasteiger partial charge in [-0.1, -0.05) is 56.3 Å². The predicted octanol–water partition coefficient (Wildman–Crippen LogP) is 4.83. The lowest BCUT2D eigenvalue weighted by Crippen LogP contribution is -2.53. The fourth-order valence-corrected chi connectivity index (χ4v) is 4.60. The second kappa shape index (κ2) is 11.8. The molecule has 4 amide bonds. The van der Waals surface area contributed by atoms with Crippen LogP contribution in [0.3, 0.4) is 0 Å². The molecule has 4 rings (SSSR count). The van der Waals surface area contributed by atoms with Crippen molar-refractivity contribution in [1.29, 1.82) is 0 Å². The van der Waals surface area contributed by atoms with Gasteiger partial charge < -0.3 is 21.1 Å². The highest BCUT2D eigenvalue weighted by Gasteiger charge is 2.38. The summed E-state index contributed by atoms with van der Waals surface area (Å²) in [5, 5.41) is 17.9. The SMILES string of the molecule is Cc1cccc(NC(=O)N2c3ccc(C(=O)NC(Cc4ccccc4)C(=O)O)cc3NC(=O)C2CC(C)C)c1. The molecule has 9 nitrogen and oxygen atoms in total. The Morgan fingerprint density at radius 3 is 2.41 bits per heavy atom. The summed E-state index contributed by atoms with van der Waals surface area (Å²) >= 11 is 0. The van der Waals surface area contributed by atoms with Crippen molar-refractivity contribution in [2.75, 3.05) is 15.5 Å². The third-order valence-electron chi connectivity index (χ3n) is 6.46. The van der Waals surface area contributed by atoms with Crippen molar-refractivity contribution >= 4 is 40.9 Å². The molecule has 9 heteroatoms. The number of hydrogen-bond donors (Lipinski definition) is 4. The number of carboxylic acid groups (broad SMARTS) is 1. The Bertz CT molecular complexity index is 1390. The first-order chi connectivity index (χ1) is 18.6. The number of carbonyl (C=O) groups is 4. The summed E-state index contributed by atoms with van der Waals surface area (Å²) in [5.41, 5.74) is 3.25. The van der Waals surface area contributed by atoms with Gasteiger partial charge in [0, 0.05) is 17.7 Å². The van der Waals surface area contributed by atoms with Crippen LogP contribution in [0.2, 0.25) is 0 Å². The number of nitrogens with one attached hydrogen (secondary N) is 3. The molecule has 2 unspecified atom stereocenters. The molecular formula is C30H32N4O5. The molecule has 1 aliphatic rings. The van der Waals surface area contributed by atoms with E-state index in [9.17, 15) is 24.3 Å². The van der Waals surface area contributed by atoms with Gasteiger partial charge in [0.1, 0.15) is 12.1 Å². The van der Waals surface area contributed by atoms with Crippen molar-refractivity contribution in [2.24, 2.45) is 5.92 Å². The lowest BCUT2D eigenvalue weighted by atomic mass is 9.97. The van der Waals surface area contributed by atoms with E-state index in [2.05, 4.69) is 16.0 Å². The Balaban J connectivity index is 1.61. The van der Waals surface area contributed by atoms with Crippen LogP contribution in [-0.2, 0) is 16.0 Å². The number of amides is 4. The highest BCUT2D eigenvalue weighted by molar-refractivity contribution is 6.15. The quantitative estimate of drug-likeness (QED) is 0.333. The molecule has 4 N–H and O–H groups in total. The number of carboxylic acids is 1. The number of urea groups is 1. The smallest absolute Gasteiger partial charge is 0.327 e. The van der Waals surface area contributed by atoms with E-state index in [1.54, 1.807) is 36.4 Å². The summed E-state index contributed by atoms with van der Waals surface area (Å²) in [5.74, 6) is -1.98. The van der Waals surface area contributed by atoms with Crippen LogP contribution in [0.4, 0.5) is 21.9 Å². The van der Waals surface area contributed by atoms with E-state index in [-0.39, 0.29) is 23.8 Å². The Morgan fingerprint density at radius 2 is 1.74 bits per heavy atom. The molecule has 0 fully saturated rings. The summed E-state index contributed by atoms with van der Waals surface area (Å²) < 4.78 is 0. The normalized spacial score (nSPS) is 15.2. The molecule has 0 saturated carbocycles. The standard InChI is InChI=1S/C30H32N4O5/c1-18(2)14-26-28(36)32-23-17-21(27(35)33-24(29(37)38)16-20-9-5-4-6-10-20)12-13-25(23)34(26)30(39)31-22-11-7-8-19(3)15-22/h4-13,15,17-18,24,26H,14,16H2,1-3H3,(H,31,39)(H,32,36)(H,33,35)(H,37,38). The second-order valence-corrected chi connectivity index (χ2v) is 10.1. The first-order valence-corrected chi connectivity index (χ1v) is 12.8. The molecule has 1 heterocycles. The summed E-state index contributed by atoms with van der Waals surface area (Å²) in [7, 11) is 0. The fraction of sp³-hybridized carbons (Fsp3) is 0.267. The molecule has 0 spiro atoms. The molecule has 2 atom stereocenters. The first-order valence-electron chi connectivity index (χ1n) is 12.8. The molecule has 3 aromatic rings. The number of nitrogens with zero attached hydrogens (tertiary/aromatic N) is 1. The Hall–Kier alpha value is -4.66. The van der Waals surface area contributed by atoms with Gasteiger partial charge in [-0.05, 0) is 60.7 Å². The van der Waals surface area contributed by atoms with E-state index in [0.29, 0.717) is 23.5 Å². The van der Waals surface area contributed by atoms with Crippen LogP contribution in [0.5, 0.6) is 0 Å². The highest BCUT2D eigenvalue weighted by Crippen LogP contribution is 2.35. The van der Waals surface area contributed by atoms with Crippen molar-refractivity contribution in [2.45, 2.75) is 45.7 Å². The number of benzene rings is 3. The fourth-order valence-electron chi connectivity index (χ4n) is 4.60. The average molecular weight is 529 g/mol. The molecule has 1 aliphatic heterocycles. The predicted molar refractivity (Wildman–Crippen MR) is 150 cm³/mol. The van der Waals surface area contributed by atoms with Gasteiger partial charge in [0.25, 0.3) is 5.91 Å². The van der Waals surface area contributed by atoms with Gasteiger partial charge in [-0.15, -0.1) is 0 Å². The minimum Gasteiger partial charge on any atom is -0.480 e. The zero-order valence-electron chi connectivity index (χ0n) is 22.1. The first kappa shape index (κ1) is 27.4. The van der Waals surface area contributed by atoms with Gasteiger partial charge in [-0.3, -0.25) is 14.5 Å². The zero-order valence-corrected chi connectivity index (χ0v) is 22.1. The van der Waals surface area contributed by atoms with E-state index in [1.165, 1.54) is 17.0 Å². The molecule has 0 saturated heterocycles. The number of carbonyl (C=O) groups excluding carboxylic acids is 3. The summed E-state index contributed by atoms with van der Waals surface area (Å²) in [6, 6.07) is 18.6. The highest BCUT2D eigenvalue weighted by atomic mass is 16.4. The van der Waals surface area contributed by atoms with Gasteiger partial charge in [-0.25, -0.2) is 9.59 Å². The van der Waals surface area contributed by atoms with Crippen LogP contribution in [-0.4, -0.2) is 41.0 Å². The molecule has 39 heavy (non-hydrogen) atoms. The molecule has 0 aliphatic carbocycles. The number of hydrogen-bond acceptors (Lipinski definition) is 4. The molecule has 0 aromatic heterocycles. The van der Waals surface area contributed by atoms with Crippen LogP contribution >= 0.6 is 0 Å². The van der Waals surface area contributed by atoms with Crippen molar-refractivity contribution in [1.82, 2.24) is 5.32 Å². The number of anilines is 3. The average Bonchev–Trinajstić information content (AvgIpc) is 2.88. The lowest BCUT2D eigenvalue weighted by Gasteiger charge is -2.37. The molecule has 3 aromatic carbocycles. The molecule has 0 bridgehead atoms. The number of aliphatic carboxylic acids is 1. The topological polar surface area (TPSA) is 128 Å². The largest absolute Gasteiger partial charge is 0.480 e. The van der Waals surface area contributed by atoms with Crippen LogP contribution in [0.1, 0.15) is 41.8 Å². The summed E-state index contributed by atoms with van der Waals surface area (Å²) in [6.45, 7) is 5.87. The molecule has 0 radical (unpaired) electrons. The maximum absolute atomic E-state index is 13.5. The lowest BCUT2D eigenvalue weighted by molar-refractivity contribution is -0.139. The van der Waals surface area contributed by atoms with Crippen LogP contribution < -0.4 is 20.9 Å². The Kier molecular flexibility index (Phi) is 8.29. The van der Waals surface area contributed by atoms with Gasteiger partial charge >= 0.3 is 12.0 Å². The van der Waals surface area contributed by atoms with Crippen molar-refractivity contribution in [3.05, 3.63) is 89.5 Å². The third-order valence-corrected chi connectivity index (χ3v) is 6.46. The van der Waals surface area contributed by atoms with Crippen molar-refractivity contribution in [3.63, 3.8) is 0 Å². The second-order valence-electron chi connectivity index (χ2n) is 10.1. The summed E-state index contributed by atoms with van der Waals surface area (Å²) in [4.78, 5) is 52.9.